The minimum atomic E-state index is -0.447. The van der Waals surface area contributed by atoms with Gasteiger partial charge in [-0.1, -0.05) is 35.9 Å². The number of hydrogen-bond acceptors (Lipinski definition) is 3. The Kier molecular flexibility index (Phi) is 5.26. The number of carbonyl (C=O) groups excluding carboxylic acids is 1. The molecule has 0 aliphatic rings. The quantitative estimate of drug-likeness (QED) is 0.893. The van der Waals surface area contributed by atoms with E-state index in [1.807, 2.05) is 32.9 Å². The second kappa shape index (κ2) is 6.30. The summed E-state index contributed by atoms with van der Waals surface area (Å²) in [6.07, 6.45) is 3.42. The summed E-state index contributed by atoms with van der Waals surface area (Å²) in [4.78, 5) is 16.1. The van der Waals surface area contributed by atoms with Crippen molar-refractivity contribution in [2.45, 2.75) is 26.2 Å². The van der Waals surface area contributed by atoms with E-state index in [1.165, 1.54) is 0 Å². The van der Waals surface area contributed by atoms with Crippen LogP contribution >= 0.6 is 15.9 Å². The average Bonchev–Trinajstić information content (AvgIpc) is 2.44. The molecule has 1 heterocycles. The molecule has 0 radical (unpaired) electrons. The van der Waals surface area contributed by atoms with E-state index in [0.29, 0.717) is 5.56 Å². The lowest BCUT2D eigenvalue weighted by molar-refractivity contribution is 0.0962. The Bertz CT molecular complexity index is 510. The summed E-state index contributed by atoms with van der Waals surface area (Å²) in [5.41, 5.74) is 1.58. The summed E-state index contributed by atoms with van der Waals surface area (Å²) in [5, 5.41) is 12.0. The van der Waals surface area contributed by atoms with Crippen LogP contribution in [-0.4, -0.2) is 29.7 Å². The highest BCUT2D eigenvalue weighted by molar-refractivity contribution is 9.15. The molecule has 1 aromatic rings. The third-order valence-electron chi connectivity index (χ3n) is 2.98. The van der Waals surface area contributed by atoms with E-state index in [1.54, 1.807) is 13.2 Å². The number of halogens is 1. The van der Waals surface area contributed by atoms with Crippen LogP contribution in [0, 0.1) is 0 Å². The van der Waals surface area contributed by atoms with Crippen LogP contribution in [0.1, 0.15) is 42.4 Å². The fourth-order valence-electron chi connectivity index (χ4n) is 1.58. The molecule has 1 rings (SSSR count). The normalized spacial score (nSPS) is 12.4. The van der Waals surface area contributed by atoms with Gasteiger partial charge in [0.05, 0.1) is 12.2 Å². The van der Waals surface area contributed by atoms with Crippen molar-refractivity contribution in [3.8, 4) is 0 Å². The van der Waals surface area contributed by atoms with Crippen LogP contribution in [0.5, 0.6) is 0 Å². The minimum absolute atomic E-state index is 0.00772. The number of rotatable bonds is 4. The van der Waals surface area contributed by atoms with E-state index in [2.05, 4.69) is 26.2 Å². The van der Waals surface area contributed by atoms with Gasteiger partial charge in [-0.3, -0.25) is 9.78 Å². The van der Waals surface area contributed by atoms with Crippen molar-refractivity contribution in [3.63, 3.8) is 0 Å². The Balaban J connectivity index is 3.44. The van der Waals surface area contributed by atoms with Crippen molar-refractivity contribution in [2.75, 3.05) is 13.7 Å². The fraction of sp³-hybridized carbons (Fsp3) is 0.429. The lowest BCUT2D eigenvalue weighted by Gasteiger charge is -2.22. The Labute approximate surface area is 122 Å². The third-order valence-corrected chi connectivity index (χ3v) is 3.86. The molecular formula is C14H19BrN2O2. The first kappa shape index (κ1) is 15.9. The van der Waals surface area contributed by atoms with E-state index in [-0.39, 0.29) is 12.5 Å². The van der Waals surface area contributed by atoms with Gasteiger partial charge in [-0.2, -0.15) is 0 Å². The van der Waals surface area contributed by atoms with Crippen LogP contribution in [0.25, 0.3) is 4.48 Å². The van der Waals surface area contributed by atoms with Crippen LogP contribution in [-0.2, 0) is 5.41 Å². The van der Waals surface area contributed by atoms with Gasteiger partial charge < -0.3 is 10.4 Å². The monoisotopic (exact) mass is 326 g/mol. The Morgan fingerprint density at radius 1 is 1.53 bits per heavy atom. The largest absolute Gasteiger partial charge is 0.395 e. The molecule has 0 atom stereocenters. The van der Waals surface area contributed by atoms with Gasteiger partial charge in [0.1, 0.15) is 0 Å². The molecule has 1 aromatic heterocycles. The summed E-state index contributed by atoms with van der Waals surface area (Å²) >= 11 is 3.45. The molecule has 0 aliphatic carbocycles. The maximum absolute atomic E-state index is 11.8. The predicted molar refractivity (Wildman–Crippen MR) is 80.3 cm³/mol. The molecule has 0 fully saturated rings. The molecule has 0 aromatic carbocycles. The van der Waals surface area contributed by atoms with Gasteiger partial charge >= 0.3 is 0 Å². The zero-order valence-electron chi connectivity index (χ0n) is 11.6. The first-order chi connectivity index (χ1) is 8.87. The Morgan fingerprint density at radius 3 is 2.63 bits per heavy atom. The number of nitrogens with one attached hydrogen (secondary N) is 1. The van der Waals surface area contributed by atoms with Crippen LogP contribution in [0.3, 0.4) is 0 Å². The summed E-state index contributed by atoms with van der Waals surface area (Å²) in [5.74, 6) is -0.186. The molecule has 5 heteroatoms. The number of aliphatic hydroxyl groups is 1. The lowest BCUT2D eigenvalue weighted by Crippen LogP contribution is -2.25. The second-order valence-electron chi connectivity index (χ2n) is 4.87. The van der Waals surface area contributed by atoms with Crippen molar-refractivity contribution in [2.24, 2.45) is 0 Å². The number of hydrogen-bond donors (Lipinski definition) is 2. The summed E-state index contributed by atoms with van der Waals surface area (Å²) < 4.78 is 0.823. The molecule has 104 valence electrons. The highest BCUT2D eigenvalue weighted by Crippen LogP contribution is 2.29. The number of aliphatic hydroxyl groups excluding tert-OH is 1. The van der Waals surface area contributed by atoms with Crippen molar-refractivity contribution in [1.29, 1.82) is 0 Å². The highest BCUT2D eigenvalue weighted by Gasteiger charge is 2.23. The summed E-state index contributed by atoms with van der Waals surface area (Å²) in [6.45, 7) is 5.69. The van der Waals surface area contributed by atoms with Gasteiger partial charge in [0.15, 0.2) is 0 Å². The lowest BCUT2D eigenvalue weighted by atomic mass is 9.88. The van der Waals surface area contributed by atoms with E-state index < -0.39 is 5.41 Å². The van der Waals surface area contributed by atoms with Crippen molar-refractivity contribution < 1.29 is 9.90 Å². The zero-order chi connectivity index (χ0) is 14.6. The molecule has 0 saturated carbocycles. The number of aromatic nitrogens is 1. The highest BCUT2D eigenvalue weighted by atomic mass is 79.9. The third kappa shape index (κ3) is 3.42. The van der Waals surface area contributed by atoms with Crippen molar-refractivity contribution in [3.05, 3.63) is 35.2 Å². The van der Waals surface area contributed by atoms with Crippen LogP contribution in [0.15, 0.2) is 18.3 Å². The molecule has 0 aliphatic heterocycles. The molecule has 0 bridgehead atoms. The molecule has 2 N–H and O–H groups in total. The predicted octanol–water partition coefficient (Wildman–Crippen LogP) is 2.47. The topological polar surface area (TPSA) is 62.2 Å². The average molecular weight is 327 g/mol. The van der Waals surface area contributed by atoms with E-state index >= 15 is 0 Å². The number of amides is 1. The molecular weight excluding hydrogens is 308 g/mol. The van der Waals surface area contributed by atoms with Gasteiger partial charge in [0.25, 0.3) is 5.91 Å². The first-order valence-corrected chi connectivity index (χ1v) is 6.82. The molecule has 4 nitrogen and oxygen atoms in total. The minimum Gasteiger partial charge on any atom is -0.395 e. The molecule has 0 unspecified atom stereocenters. The van der Waals surface area contributed by atoms with Crippen LogP contribution in [0.4, 0.5) is 0 Å². The number of carbonyl (C=O) groups is 1. The van der Waals surface area contributed by atoms with Crippen LogP contribution < -0.4 is 5.32 Å². The first-order valence-electron chi connectivity index (χ1n) is 6.03. The molecule has 19 heavy (non-hydrogen) atoms. The number of nitrogens with zero attached hydrogens (tertiary/aromatic N) is 1. The Morgan fingerprint density at radius 2 is 2.16 bits per heavy atom. The number of pyridine rings is 1. The summed E-state index contributed by atoms with van der Waals surface area (Å²) in [6, 6.07) is 1.84. The fourth-order valence-corrected chi connectivity index (χ4v) is 1.90. The van der Waals surface area contributed by atoms with E-state index in [0.717, 1.165) is 15.7 Å². The Hall–Kier alpha value is -1.20. The van der Waals surface area contributed by atoms with Gasteiger partial charge in [0.2, 0.25) is 0 Å². The van der Waals surface area contributed by atoms with Crippen molar-refractivity contribution in [1.82, 2.24) is 10.3 Å². The van der Waals surface area contributed by atoms with Gasteiger partial charge in [0, 0.05) is 34.4 Å². The smallest absolute Gasteiger partial charge is 0.253 e. The molecule has 0 spiro atoms. The number of allylic oxidation sites excluding steroid dienone is 1. The maximum atomic E-state index is 11.8. The standard InChI is InChI=1S/C14H19BrN2O2/c1-5-11(15)9-6-12(14(2,3)8-18)17-7-10(9)13(19)16-4/h5-7,18H,8H2,1-4H3,(H,16,19)/b11-5+. The van der Waals surface area contributed by atoms with E-state index in [9.17, 15) is 9.90 Å². The SMILES string of the molecule is C/C=C(/Br)c1cc(C(C)(C)CO)ncc1C(=O)NC. The second-order valence-corrected chi connectivity index (χ2v) is 5.73. The maximum Gasteiger partial charge on any atom is 0.253 e. The van der Waals surface area contributed by atoms with Gasteiger partial charge in [-0.15, -0.1) is 0 Å². The van der Waals surface area contributed by atoms with Gasteiger partial charge in [-0.05, 0) is 13.0 Å². The van der Waals surface area contributed by atoms with Crippen LogP contribution in [0.2, 0.25) is 0 Å². The van der Waals surface area contributed by atoms with Crippen molar-refractivity contribution >= 4 is 26.3 Å². The molecule has 0 saturated heterocycles. The zero-order valence-corrected chi connectivity index (χ0v) is 13.2. The van der Waals surface area contributed by atoms with E-state index in [4.69, 9.17) is 0 Å². The van der Waals surface area contributed by atoms with Gasteiger partial charge in [-0.25, -0.2) is 0 Å². The summed E-state index contributed by atoms with van der Waals surface area (Å²) in [7, 11) is 1.58. The molecule has 1 amide bonds.